The fraction of sp³-hybridized carbons (Fsp3) is 0.0769. The summed E-state index contributed by atoms with van der Waals surface area (Å²) in [5.41, 5.74) is 2.37. The maximum absolute atomic E-state index is 11.6. The minimum absolute atomic E-state index is 0.0586. The first-order chi connectivity index (χ1) is 7.22. The van der Waals surface area contributed by atoms with Crippen LogP contribution in [0.1, 0.15) is 16.1 Å². The third kappa shape index (κ3) is 1.66. The molecule has 0 unspecified atom stereocenters. The number of aryl methyl sites for hydroxylation is 1. The molecule has 0 bridgehead atoms. The van der Waals surface area contributed by atoms with Gasteiger partial charge in [0.15, 0.2) is 5.78 Å². The molecule has 2 aromatic rings. The Bertz CT molecular complexity index is 543. The van der Waals surface area contributed by atoms with Crippen LogP contribution in [0.5, 0.6) is 0 Å². The Morgan fingerprint density at radius 3 is 2.87 bits per heavy atom. The van der Waals surface area contributed by atoms with Gasteiger partial charge in [-0.2, -0.15) is 0 Å². The average Bonchev–Trinajstić information content (AvgIpc) is 2.26. The SMILES string of the molecule is C=CC(=O)c1cc(C)nc2ccccc12. The Morgan fingerprint density at radius 2 is 2.13 bits per heavy atom. The summed E-state index contributed by atoms with van der Waals surface area (Å²) in [5, 5.41) is 0.882. The highest BCUT2D eigenvalue weighted by atomic mass is 16.1. The molecule has 0 saturated heterocycles. The van der Waals surface area contributed by atoms with Crippen molar-refractivity contribution in [3.63, 3.8) is 0 Å². The highest BCUT2D eigenvalue weighted by molar-refractivity contribution is 6.12. The zero-order valence-corrected chi connectivity index (χ0v) is 8.53. The van der Waals surface area contributed by atoms with Crippen LogP contribution in [-0.4, -0.2) is 10.8 Å². The summed E-state index contributed by atoms with van der Waals surface area (Å²) in [6.07, 6.45) is 1.33. The first-order valence-corrected chi connectivity index (χ1v) is 4.75. The fourth-order valence-corrected chi connectivity index (χ4v) is 1.62. The van der Waals surface area contributed by atoms with Crippen LogP contribution in [0.15, 0.2) is 43.0 Å². The summed E-state index contributed by atoms with van der Waals surface area (Å²) in [4.78, 5) is 16.0. The second kappa shape index (κ2) is 3.65. The largest absolute Gasteiger partial charge is 0.289 e. The Balaban J connectivity index is 2.82. The predicted molar refractivity (Wildman–Crippen MR) is 61.0 cm³/mol. The molecule has 0 spiro atoms. The lowest BCUT2D eigenvalue weighted by molar-refractivity contribution is 0.104. The second-order valence-corrected chi connectivity index (χ2v) is 3.40. The minimum Gasteiger partial charge on any atom is -0.289 e. The van der Waals surface area contributed by atoms with Gasteiger partial charge >= 0.3 is 0 Å². The van der Waals surface area contributed by atoms with E-state index in [1.807, 2.05) is 31.2 Å². The van der Waals surface area contributed by atoms with Crippen molar-refractivity contribution in [2.24, 2.45) is 0 Å². The summed E-state index contributed by atoms with van der Waals surface area (Å²) in [7, 11) is 0. The summed E-state index contributed by atoms with van der Waals surface area (Å²) in [6, 6.07) is 9.42. The molecule has 1 aromatic carbocycles. The average molecular weight is 197 g/mol. The van der Waals surface area contributed by atoms with Crippen molar-refractivity contribution in [3.05, 3.63) is 54.2 Å². The Kier molecular flexibility index (Phi) is 2.34. The van der Waals surface area contributed by atoms with Crippen LogP contribution in [0.2, 0.25) is 0 Å². The van der Waals surface area contributed by atoms with E-state index in [-0.39, 0.29) is 5.78 Å². The molecule has 74 valence electrons. The molecule has 0 atom stereocenters. The number of aromatic nitrogens is 1. The number of fused-ring (bicyclic) bond motifs is 1. The van der Waals surface area contributed by atoms with Crippen molar-refractivity contribution < 1.29 is 4.79 Å². The van der Waals surface area contributed by atoms with Gasteiger partial charge in [-0.25, -0.2) is 0 Å². The highest BCUT2D eigenvalue weighted by Gasteiger charge is 2.08. The number of pyridine rings is 1. The van der Waals surface area contributed by atoms with E-state index < -0.39 is 0 Å². The van der Waals surface area contributed by atoms with Crippen LogP contribution in [-0.2, 0) is 0 Å². The van der Waals surface area contributed by atoms with Crippen LogP contribution in [0.25, 0.3) is 10.9 Å². The lowest BCUT2D eigenvalue weighted by Gasteiger charge is -2.04. The van der Waals surface area contributed by atoms with E-state index >= 15 is 0 Å². The molecular weight excluding hydrogens is 186 g/mol. The van der Waals surface area contributed by atoms with Crippen LogP contribution < -0.4 is 0 Å². The number of nitrogens with zero attached hydrogens (tertiary/aromatic N) is 1. The number of allylic oxidation sites excluding steroid dienone is 1. The van der Waals surface area contributed by atoms with Gasteiger partial charge in [-0.15, -0.1) is 0 Å². The third-order valence-corrected chi connectivity index (χ3v) is 2.30. The molecule has 1 aromatic heterocycles. The molecule has 0 amide bonds. The summed E-state index contributed by atoms with van der Waals surface area (Å²) >= 11 is 0. The first-order valence-electron chi connectivity index (χ1n) is 4.75. The van der Waals surface area contributed by atoms with Crippen molar-refractivity contribution in [1.29, 1.82) is 0 Å². The fourth-order valence-electron chi connectivity index (χ4n) is 1.62. The Hall–Kier alpha value is -1.96. The van der Waals surface area contributed by atoms with E-state index in [9.17, 15) is 4.79 Å². The van der Waals surface area contributed by atoms with Gasteiger partial charge in [0.2, 0.25) is 0 Å². The van der Waals surface area contributed by atoms with Crippen LogP contribution in [0.4, 0.5) is 0 Å². The van der Waals surface area contributed by atoms with Crippen LogP contribution in [0, 0.1) is 6.92 Å². The smallest absolute Gasteiger partial charge is 0.185 e. The van der Waals surface area contributed by atoms with Crippen molar-refractivity contribution >= 4 is 16.7 Å². The summed E-state index contributed by atoms with van der Waals surface area (Å²) < 4.78 is 0. The molecule has 2 rings (SSSR count). The molecule has 0 fully saturated rings. The lowest BCUT2D eigenvalue weighted by atomic mass is 10.0. The molecule has 0 aliphatic carbocycles. The number of carbonyl (C=O) groups excluding carboxylic acids is 1. The number of hydrogen-bond acceptors (Lipinski definition) is 2. The maximum Gasteiger partial charge on any atom is 0.185 e. The van der Waals surface area contributed by atoms with Crippen molar-refractivity contribution in [2.45, 2.75) is 6.92 Å². The van der Waals surface area contributed by atoms with Gasteiger partial charge in [-0.1, -0.05) is 24.8 Å². The van der Waals surface area contributed by atoms with Crippen molar-refractivity contribution in [2.75, 3.05) is 0 Å². The van der Waals surface area contributed by atoms with Crippen molar-refractivity contribution in [3.8, 4) is 0 Å². The molecule has 0 aliphatic heterocycles. The molecule has 15 heavy (non-hydrogen) atoms. The van der Waals surface area contributed by atoms with Crippen LogP contribution >= 0.6 is 0 Å². The quantitative estimate of drug-likeness (QED) is 0.547. The van der Waals surface area contributed by atoms with E-state index in [4.69, 9.17) is 0 Å². The number of benzene rings is 1. The molecule has 0 radical (unpaired) electrons. The minimum atomic E-state index is -0.0586. The van der Waals surface area contributed by atoms with Gasteiger partial charge in [0.25, 0.3) is 0 Å². The van der Waals surface area contributed by atoms with Gasteiger partial charge < -0.3 is 0 Å². The zero-order valence-electron chi connectivity index (χ0n) is 8.53. The van der Waals surface area contributed by atoms with Gasteiger partial charge in [-0.05, 0) is 25.1 Å². The molecule has 2 heteroatoms. The number of rotatable bonds is 2. The topological polar surface area (TPSA) is 30.0 Å². The lowest BCUT2D eigenvalue weighted by Crippen LogP contribution is -1.98. The predicted octanol–water partition coefficient (Wildman–Crippen LogP) is 2.91. The monoisotopic (exact) mass is 197 g/mol. The number of hydrogen-bond donors (Lipinski definition) is 0. The molecule has 0 saturated carbocycles. The first kappa shape index (κ1) is 9.59. The molecule has 2 nitrogen and oxygen atoms in total. The highest BCUT2D eigenvalue weighted by Crippen LogP contribution is 2.18. The zero-order chi connectivity index (χ0) is 10.8. The maximum atomic E-state index is 11.6. The van der Waals surface area contributed by atoms with E-state index in [1.165, 1.54) is 6.08 Å². The molecule has 1 heterocycles. The standard InChI is InChI=1S/C13H11NO/c1-3-13(15)11-8-9(2)14-12-7-5-4-6-10(11)12/h3-8H,1H2,2H3. The Morgan fingerprint density at radius 1 is 1.40 bits per heavy atom. The second-order valence-electron chi connectivity index (χ2n) is 3.40. The van der Waals surface area contributed by atoms with Gasteiger partial charge in [0.1, 0.15) is 0 Å². The van der Waals surface area contributed by atoms with Crippen LogP contribution in [0.3, 0.4) is 0 Å². The van der Waals surface area contributed by atoms with E-state index in [1.54, 1.807) is 6.07 Å². The van der Waals surface area contributed by atoms with Gasteiger partial charge in [0.05, 0.1) is 5.52 Å². The molecule has 0 aliphatic rings. The van der Waals surface area contributed by atoms with E-state index in [2.05, 4.69) is 11.6 Å². The van der Waals surface area contributed by atoms with Crippen molar-refractivity contribution in [1.82, 2.24) is 4.98 Å². The third-order valence-electron chi connectivity index (χ3n) is 2.30. The van der Waals surface area contributed by atoms with Gasteiger partial charge in [0, 0.05) is 16.6 Å². The number of carbonyl (C=O) groups is 1. The Labute approximate surface area is 88.3 Å². The normalized spacial score (nSPS) is 10.2. The molecule has 0 N–H and O–H groups in total. The van der Waals surface area contributed by atoms with E-state index in [0.717, 1.165) is 16.6 Å². The number of ketones is 1. The van der Waals surface area contributed by atoms with Gasteiger partial charge in [-0.3, -0.25) is 9.78 Å². The van der Waals surface area contributed by atoms with E-state index in [0.29, 0.717) is 5.56 Å². The molecular formula is C13H11NO. The number of para-hydroxylation sites is 1. The summed E-state index contributed by atoms with van der Waals surface area (Å²) in [6.45, 7) is 5.38. The summed E-state index contributed by atoms with van der Waals surface area (Å²) in [5.74, 6) is -0.0586.